The average Bonchev–Trinajstić information content (AvgIpc) is 2.30. The van der Waals surface area contributed by atoms with Crippen molar-refractivity contribution in [2.75, 3.05) is 20.2 Å². The Balaban J connectivity index is 2.68. The van der Waals surface area contributed by atoms with Crippen LogP contribution in [0.15, 0.2) is 12.7 Å². The van der Waals surface area contributed by atoms with E-state index in [1.807, 2.05) is 0 Å². The third kappa shape index (κ3) is 4.31. The van der Waals surface area contributed by atoms with E-state index >= 15 is 0 Å². The highest BCUT2D eigenvalue weighted by molar-refractivity contribution is 6.00. The first-order chi connectivity index (χ1) is 9.63. The van der Waals surface area contributed by atoms with E-state index in [2.05, 4.69) is 11.3 Å². The first kappa shape index (κ1) is 17.2. The number of allylic oxidation sites excluding steroid dienone is 1. The standard InChI is InChI=1S/C15H23NO5/c1-6-7-15(11(17)8-12(18)20-5)9-16(10-15)13(19)21-14(2,3)4/h6H,1,7-10H2,2-5H3. The number of ether oxygens (including phenoxy) is 2. The largest absolute Gasteiger partial charge is 0.469 e. The Hall–Kier alpha value is -1.85. The fourth-order valence-electron chi connectivity index (χ4n) is 2.23. The molecule has 0 aliphatic carbocycles. The van der Waals surface area contributed by atoms with E-state index in [0.29, 0.717) is 6.42 Å². The van der Waals surface area contributed by atoms with Gasteiger partial charge in [-0.3, -0.25) is 9.59 Å². The molecule has 0 spiro atoms. The number of likely N-dealkylation sites (tertiary alicyclic amines) is 1. The molecule has 0 atom stereocenters. The summed E-state index contributed by atoms with van der Waals surface area (Å²) in [6.07, 6.45) is 1.31. The summed E-state index contributed by atoms with van der Waals surface area (Å²) in [5, 5.41) is 0. The summed E-state index contributed by atoms with van der Waals surface area (Å²) in [5.74, 6) is -0.798. The highest BCUT2D eigenvalue weighted by Crippen LogP contribution is 2.37. The van der Waals surface area contributed by atoms with Crippen molar-refractivity contribution in [2.45, 2.75) is 39.2 Å². The van der Waals surface area contributed by atoms with E-state index < -0.39 is 23.1 Å². The van der Waals surface area contributed by atoms with E-state index in [1.165, 1.54) is 12.0 Å². The van der Waals surface area contributed by atoms with Gasteiger partial charge in [0.1, 0.15) is 12.0 Å². The fraction of sp³-hybridized carbons (Fsp3) is 0.667. The van der Waals surface area contributed by atoms with Gasteiger partial charge < -0.3 is 14.4 Å². The van der Waals surface area contributed by atoms with E-state index in [1.54, 1.807) is 26.8 Å². The molecule has 6 nitrogen and oxygen atoms in total. The molecule has 0 N–H and O–H groups in total. The molecule has 6 heteroatoms. The number of nitrogens with zero attached hydrogens (tertiary/aromatic N) is 1. The molecule has 118 valence electrons. The van der Waals surface area contributed by atoms with Gasteiger partial charge in [0.25, 0.3) is 0 Å². The molecule has 0 radical (unpaired) electrons. The molecular formula is C15H23NO5. The predicted octanol–water partition coefficient (Wildman–Crippen LogP) is 1.93. The maximum Gasteiger partial charge on any atom is 0.410 e. The third-order valence-electron chi connectivity index (χ3n) is 3.30. The quantitative estimate of drug-likeness (QED) is 0.440. The smallest absolute Gasteiger partial charge is 0.410 e. The van der Waals surface area contributed by atoms with Gasteiger partial charge in [0.2, 0.25) is 0 Å². The third-order valence-corrected chi connectivity index (χ3v) is 3.30. The van der Waals surface area contributed by atoms with E-state index in [-0.39, 0.29) is 25.3 Å². The second-order valence-corrected chi connectivity index (χ2v) is 6.29. The lowest BCUT2D eigenvalue weighted by atomic mass is 9.72. The molecule has 1 saturated heterocycles. The number of rotatable bonds is 5. The lowest BCUT2D eigenvalue weighted by Gasteiger charge is -2.48. The predicted molar refractivity (Wildman–Crippen MR) is 76.7 cm³/mol. The minimum absolute atomic E-state index is 0.228. The van der Waals surface area contributed by atoms with Gasteiger partial charge in [-0.1, -0.05) is 6.08 Å². The van der Waals surface area contributed by atoms with Gasteiger partial charge in [-0.2, -0.15) is 0 Å². The van der Waals surface area contributed by atoms with Crippen molar-refractivity contribution in [3.8, 4) is 0 Å². The van der Waals surface area contributed by atoms with E-state index in [4.69, 9.17) is 4.74 Å². The summed E-state index contributed by atoms with van der Waals surface area (Å²) in [4.78, 5) is 36.8. The van der Waals surface area contributed by atoms with Gasteiger partial charge in [0, 0.05) is 13.1 Å². The van der Waals surface area contributed by atoms with Gasteiger partial charge in [-0.05, 0) is 27.2 Å². The summed E-state index contributed by atoms with van der Waals surface area (Å²) in [6, 6.07) is 0. The minimum atomic E-state index is -0.743. The summed E-state index contributed by atoms with van der Waals surface area (Å²) in [7, 11) is 1.24. The molecule has 21 heavy (non-hydrogen) atoms. The van der Waals surface area contributed by atoms with Crippen molar-refractivity contribution in [1.82, 2.24) is 4.90 Å². The van der Waals surface area contributed by atoms with Crippen LogP contribution in [0, 0.1) is 5.41 Å². The Labute approximate surface area is 125 Å². The number of hydrogen-bond acceptors (Lipinski definition) is 5. The monoisotopic (exact) mass is 297 g/mol. The number of esters is 1. The molecule has 0 unspecified atom stereocenters. The molecule has 0 bridgehead atoms. The highest BCUT2D eigenvalue weighted by Gasteiger charge is 2.51. The number of hydrogen-bond donors (Lipinski definition) is 0. The molecule has 1 fully saturated rings. The zero-order valence-corrected chi connectivity index (χ0v) is 13.1. The normalized spacial score (nSPS) is 16.7. The average molecular weight is 297 g/mol. The molecule has 1 rings (SSSR count). The summed E-state index contributed by atoms with van der Waals surface area (Å²) in [5.41, 5.74) is -1.32. The number of carbonyl (C=O) groups is 3. The summed E-state index contributed by atoms with van der Waals surface area (Å²) < 4.78 is 9.77. The number of amides is 1. The van der Waals surface area contributed by atoms with Gasteiger partial charge in [-0.15, -0.1) is 6.58 Å². The van der Waals surface area contributed by atoms with Crippen molar-refractivity contribution >= 4 is 17.8 Å². The second-order valence-electron chi connectivity index (χ2n) is 6.29. The lowest BCUT2D eigenvalue weighted by Crippen LogP contribution is -2.62. The molecule has 0 aromatic rings. The molecule has 1 heterocycles. The first-order valence-electron chi connectivity index (χ1n) is 6.82. The van der Waals surface area contributed by atoms with Gasteiger partial charge >= 0.3 is 12.1 Å². The van der Waals surface area contributed by atoms with Crippen LogP contribution in [0.3, 0.4) is 0 Å². The number of carbonyl (C=O) groups excluding carboxylic acids is 3. The Morgan fingerprint density at radius 1 is 1.29 bits per heavy atom. The van der Waals surface area contributed by atoms with Crippen LogP contribution in [0.25, 0.3) is 0 Å². The lowest BCUT2D eigenvalue weighted by molar-refractivity contribution is -0.149. The minimum Gasteiger partial charge on any atom is -0.469 e. The van der Waals surface area contributed by atoms with Crippen LogP contribution < -0.4 is 0 Å². The Kier molecular flexibility index (Phi) is 5.15. The van der Waals surface area contributed by atoms with Gasteiger partial charge in [-0.25, -0.2) is 4.79 Å². The molecule has 1 aliphatic rings. The van der Waals surface area contributed by atoms with E-state index in [0.717, 1.165) is 0 Å². The number of methoxy groups -OCH3 is 1. The first-order valence-corrected chi connectivity index (χ1v) is 6.82. The molecule has 1 aliphatic heterocycles. The van der Waals surface area contributed by atoms with E-state index in [9.17, 15) is 14.4 Å². The van der Waals surface area contributed by atoms with Crippen LogP contribution in [0.1, 0.15) is 33.6 Å². The topological polar surface area (TPSA) is 72.9 Å². The zero-order chi connectivity index (χ0) is 16.3. The molecule has 0 saturated carbocycles. The molecule has 0 aromatic carbocycles. The maximum atomic E-state index is 12.2. The van der Waals surface area contributed by atoms with Crippen LogP contribution >= 0.6 is 0 Å². The summed E-state index contributed by atoms with van der Waals surface area (Å²) in [6.45, 7) is 9.46. The zero-order valence-electron chi connectivity index (χ0n) is 13.1. The van der Waals surface area contributed by atoms with Gasteiger partial charge in [0.05, 0.1) is 12.5 Å². The summed E-state index contributed by atoms with van der Waals surface area (Å²) >= 11 is 0. The van der Waals surface area contributed by atoms with Crippen LogP contribution in [0.5, 0.6) is 0 Å². The fourth-order valence-corrected chi connectivity index (χ4v) is 2.23. The molecule has 1 amide bonds. The Morgan fingerprint density at radius 2 is 1.86 bits per heavy atom. The maximum absolute atomic E-state index is 12.2. The van der Waals surface area contributed by atoms with Gasteiger partial charge in [0.15, 0.2) is 5.78 Å². The van der Waals surface area contributed by atoms with Crippen LogP contribution in [-0.4, -0.2) is 48.5 Å². The number of Topliss-reactive ketones (excluding diaryl/α,β-unsaturated/α-hetero) is 1. The highest BCUT2D eigenvalue weighted by atomic mass is 16.6. The van der Waals surface area contributed by atoms with Crippen LogP contribution in [-0.2, 0) is 19.1 Å². The number of ketones is 1. The van der Waals surface area contributed by atoms with Crippen LogP contribution in [0.4, 0.5) is 4.79 Å². The van der Waals surface area contributed by atoms with Crippen molar-refractivity contribution in [3.05, 3.63) is 12.7 Å². The second kappa shape index (κ2) is 6.28. The Bertz CT molecular complexity index is 443. The Morgan fingerprint density at radius 3 is 2.29 bits per heavy atom. The molecular weight excluding hydrogens is 274 g/mol. The van der Waals surface area contributed by atoms with Crippen LogP contribution in [0.2, 0.25) is 0 Å². The van der Waals surface area contributed by atoms with Crippen molar-refractivity contribution < 1.29 is 23.9 Å². The van der Waals surface area contributed by atoms with Crippen molar-refractivity contribution in [2.24, 2.45) is 5.41 Å². The SMILES string of the molecule is C=CCC1(C(=O)CC(=O)OC)CN(C(=O)OC(C)(C)C)C1. The van der Waals surface area contributed by atoms with Crippen molar-refractivity contribution in [1.29, 1.82) is 0 Å². The molecule has 0 aromatic heterocycles. The van der Waals surface area contributed by atoms with Crippen molar-refractivity contribution in [3.63, 3.8) is 0 Å².